The Kier molecular flexibility index (Phi) is 4.93. The van der Waals surface area contributed by atoms with Crippen LogP contribution < -0.4 is 0 Å². The van der Waals surface area contributed by atoms with E-state index in [4.69, 9.17) is 5.26 Å². The van der Waals surface area contributed by atoms with Crippen LogP contribution in [0.2, 0.25) is 0 Å². The molecule has 0 spiro atoms. The van der Waals surface area contributed by atoms with E-state index in [1.807, 2.05) is 4.89 Å². The molecule has 0 aliphatic carbocycles. The first kappa shape index (κ1) is 21.5. The quantitative estimate of drug-likeness (QED) is 0.449. The molecular weight excluding hydrogens is 379 g/mol. The van der Waals surface area contributed by atoms with Crippen molar-refractivity contribution in [2.45, 2.75) is 35.8 Å². The maximum absolute atomic E-state index is 12.7. The van der Waals surface area contributed by atoms with Gasteiger partial charge in [-0.05, 0) is 0 Å². The summed E-state index contributed by atoms with van der Waals surface area (Å²) in [6.45, 7) is 0. The number of carbonyl (C=O) groups is 1. The summed E-state index contributed by atoms with van der Waals surface area (Å²) >= 11 is 0. The Bertz CT molecular complexity index is 465. The Balaban J connectivity index is 6.30. The monoisotopic (exact) mass is 380 g/mol. The summed E-state index contributed by atoms with van der Waals surface area (Å²) in [4.78, 5) is 11.9. The van der Waals surface area contributed by atoms with Crippen molar-refractivity contribution in [2.75, 3.05) is 0 Å². The van der Waals surface area contributed by atoms with Gasteiger partial charge in [-0.1, -0.05) is 0 Å². The molecule has 0 fully saturated rings. The lowest BCUT2D eigenvalue weighted by Crippen LogP contribution is -2.71. The third-order valence-electron chi connectivity index (χ3n) is 2.27. The third-order valence-corrected chi connectivity index (χ3v) is 2.27. The average Bonchev–Trinajstić information content (AvgIpc) is 2.35. The van der Waals surface area contributed by atoms with Gasteiger partial charge in [0.25, 0.3) is 0 Å². The maximum Gasteiger partial charge on any atom is 0.460 e. The predicted octanol–water partition coefficient (Wildman–Crippen LogP) is 3.74. The summed E-state index contributed by atoms with van der Waals surface area (Å²) in [5.41, 5.74) is 0. The minimum atomic E-state index is -8.11. The molecule has 0 aliphatic heterocycles. The van der Waals surface area contributed by atoms with E-state index in [2.05, 4.69) is 0 Å². The van der Waals surface area contributed by atoms with E-state index >= 15 is 0 Å². The molecule has 1 N–H and O–H groups in total. The highest BCUT2D eigenvalue weighted by molar-refractivity contribution is 5.78. The Morgan fingerprint density at radius 1 is 0.609 bits per heavy atom. The van der Waals surface area contributed by atoms with Crippen LogP contribution in [-0.4, -0.2) is 47.0 Å². The number of hydrogen-bond acceptors (Lipinski definition) is 3. The Morgan fingerprint density at radius 3 is 1.17 bits per heavy atom. The van der Waals surface area contributed by atoms with Gasteiger partial charge in [0.2, 0.25) is 0 Å². The zero-order valence-electron chi connectivity index (χ0n) is 9.68. The van der Waals surface area contributed by atoms with Crippen LogP contribution in [-0.2, 0) is 9.68 Å². The molecule has 0 aliphatic rings. The summed E-state index contributed by atoms with van der Waals surface area (Å²) in [5.74, 6) is -43.0. The van der Waals surface area contributed by atoms with Crippen molar-refractivity contribution in [1.82, 2.24) is 0 Å². The second-order valence-corrected chi connectivity index (χ2v) is 3.75. The smallest absolute Gasteiger partial charge is 0.294 e. The minimum absolute atomic E-state index is 1.91. The van der Waals surface area contributed by atoms with Crippen molar-refractivity contribution in [1.29, 1.82) is 0 Å². The van der Waals surface area contributed by atoms with Crippen LogP contribution in [0.4, 0.5) is 57.1 Å². The maximum atomic E-state index is 12.7. The van der Waals surface area contributed by atoms with E-state index in [0.29, 0.717) is 0 Å². The summed E-state index contributed by atoms with van der Waals surface area (Å²) < 4.78 is 161. The van der Waals surface area contributed by atoms with Crippen molar-refractivity contribution >= 4 is 5.97 Å². The molecule has 0 saturated carbocycles. The Hall–Kier alpha value is -1.48. The highest BCUT2D eigenvalue weighted by Crippen LogP contribution is 2.60. The summed E-state index contributed by atoms with van der Waals surface area (Å²) in [5, 5.41) is 7.37. The van der Waals surface area contributed by atoms with E-state index in [9.17, 15) is 61.9 Å². The lowest BCUT2D eigenvalue weighted by molar-refractivity contribution is -0.438. The average molecular weight is 380 g/mol. The largest absolute Gasteiger partial charge is 0.460 e. The van der Waals surface area contributed by atoms with Gasteiger partial charge in [-0.2, -0.15) is 62.3 Å². The molecule has 16 heteroatoms. The van der Waals surface area contributed by atoms with Crippen LogP contribution in [0.25, 0.3) is 0 Å². The highest BCUT2D eigenvalue weighted by atomic mass is 19.4. The number of alkyl halides is 13. The van der Waals surface area contributed by atoms with Gasteiger partial charge in [-0.25, -0.2) is 4.79 Å². The number of halogens is 13. The SMILES string of the molecule is O=C(OO)C(F)(F)C(F)(F)C(F)(F)C(F)(F)C(F)(F)C(F)(F)F. The van der Waals surface area contributed by atoms with Crippen LogP contribution in [0, 0.1) is 0 Å². The fourth-order valence-corrected chi connectivity index (χ4v) is 0.955. The van der Waals surface area contributed by atoms with Crippen molar-refractivity contribution in [2.24, 2.45) is 0 Å². The van der Waals surface area contributed by atoms with Crippen LogP contribution in [0.15, 0.2) is 0 Å². The van der Waals surface area contributed by atoms with Gasteiger partial charge >= 0.3 is 41.8 Å². The summed E-state index contributed by atoms with van der Waals surface area (Å²) in [7, 11) is 0. The van der Waals surface area contributed by atoms with E-state index < -0.39 is 41.8 Å². The fourth-order valence-electron chi connectivity index (χ4n) is 0.955. The molecule has 0 bridgehead atoms. The predicted molar refractivity (Wildman–Crippen MR) is 39.5 cm³/mol. The topological polar surface area (TPSA) is 46.5 Å². The zero-order valence-corrected chi connectivity index (χ0v) is 9.68. The molecule has 0 aromatic rings. The molecule has 0 saturated heterocycles. The molecule has 0 heterocycles. The molecule has 0 rings (SSSR count). The lowest BCUT2D eigenvalue weighted by Gasteiger charge is -2.38. The first-order valence-corrected chi connectivity index (χ1v) is 4.55. The molecule has 0 atom stereocenters. The standard InChI is InChI=1S/C7HF13O3/c8-2(9,1(21)23-22)3(10,11)4(12,13)5(14,15)6(16,17)7(18,19)20/h22H. The Morgan fingerprint density at radius 2 is 0.913 bits per heavy atom. The first-order chi connectivity index (χ1) is 9.73. The normalized spacial score (nSPS) is 15.6. The van der Waals surface area contributed by atoms with E-state index in [1.165, 1.54) is 0 Å². The van der Waals surface area contributed by atoms with Gasteiger partial charge in [0.1, 0.15) is 0 Å². The second-order valence-electron chi connectivity index (χ2n) is 3.75. The molecule has 3 nitrogen and oxygen atoms in total. The van der Waals surface area contributed by atoms with Crippen molar-refractivity contribution in [3.63, 3.8) is 0 Å². The molecule has 0 aromatic carbocycles. The highest BCUT2D eigenvalue weighted by Gasteiger charge is 2.92. The Labute approximate surface area is 115 Å². The third kappa shape index (κ3) is 2.65. The number of carbonyl (C=O) groups excluding carboxylic acids is 1. The second kappa shape index (κ2) is 5.27. The first-order valence-electron chi connectivity index (χ1n) is 4.55. The van der Waals surface area contributed by atoms with Crippen LogP contribution >= 0.6 is 0 Å². The van der Waals surface area contributed by atoms with Crippen LogP contribution in [0.5, 0.6) is 0 Å². The van der Waals surface area contributed by atoms with Crippen LogP contribution in [0.1, 0.15) is 0 Å². The summed E-state index contributed by atoms with van der Waals surface area (Å²) in [6, 6.07) is 0. The zero-order chi connectivity index (χ0) is 19.3. The molecular formula is C7HF13O3. The lowest BCUT2D eigenvalue weighted by atomic mass is 9.94. The molecule has 0 radical (unpaired) electrons. The van der Waals surface area contributed by atoms with Crippen molar-refractivity contribution in [3.05, 3.63) is 0 Å². The fraction of sp³-hybridized carbons (Fsp3) is 0.857. The van der Waals surface area contributed by atoms with Gasteiger partial charge in [0.05, 0.1) is 0 Å². The minimum Gasteiger partial charge on any atom is -0.294 e. The molecule has 0 aromatic heterocycles. The van der Waals surface area contributed by atoms with Crippen molar-refractivity contribution < 1.29 is 72.0 Å². The van der Waals surface area contributed by atoms with E-state index in [0.717, 1.165) is 0 Å². The molecule has 0 unspecified atom stereocenters. The molecule has 23 heavy (non-hydrogen) atoms. The molecule has 138 valence electrons. The van der Waals surface area contributed by atoms with Gasteiger partial charge in [-0.15, -0.1) is 0 Å². The van der Waals surface area contributed by atoms with E-state index in [1.54, 1.807) is 0 Å². The molecule has 0 amide bonds. The van der Waals surface area contributed by atoms with Gasteiger partial charge in [0, 0.05) is 0 Å². The number of hydrogen-bond donors (Lipinski definition) is 1. The van der Waals surface area contributed by atoms with E-state index in [-0.39, 0.29) is 0 Å². The van der Waals surface area contributed by atoms with Gasteiger partial charge in [0.15, 0.2) is 0 Å². The van der Waals surface area contributed by atoms with Gasteiger partial charge < -0.3 is 0 Å². The number of rotatable bonds is 5. The van der Waals surface area contributed by atoms with Crippen molar-refractivity contribution in [3.8, 4) is 0 Å². The van der Waals surface area contributed by atoms with Crippen LogP contribution in [0.3, 0.4) is 0 Å². The van der Waals surface area contributed by atoms with Gasteiger partial charge in [-0.3, -0.25) is 4.89 Å². The summed E-state index contributed by atoms with van der Waals surface area (Å²) in [6.07, 6.45) is -7.54.